The molecule has 9 heteroatoms. The van der Waals surface area contributed by atoms with Gasteiger partial charge in [-0.3, -0.25) is 4.79 Å². The first kappa shape index (κ1) is 24.4. The number of aromatic carboxylic acids is 1. The summed E-state index contributed by atoms with van der Waals surface area (Å²) in [5.41, 5.74) is 3.66. The lowest BCUT2D eigenvalue weighted by molar-refractivity contribution is -0.131. The van der Waals surface area contributed by atoms with Crippen LogP contribution in [0.15, 0.2) is 54.7 Å². The van der Waals surface area contributed by atoms with E-state index >= 15 is 0 Å². The lowest BCUT2D eigenvalue weighted by atomic mass is 10.0. The minimum absolute atomic E-state index is 0.0470. The van der Waals surface area contributed by atoms with Crippen LogP contribution < -0.4 is 4.74 Å². The van der Waals surface area contributed by atoms with Crippen molar-refractivity contribution in [2.75, 3.05) is 13.2 Å². The Morgan fingerprint density at radius 2 is 1.97 bits per heavy atom. The third-order valence-electron chi connectivity index (χ3n) is 6.64. The predicted molar refractivity (Wildman–Crippen MR) is 133 cm³/mol. The van der Waals surface area contributed by atoms with E-state index in [0.29, 0.717) is 42.9 Å². The number of aromatic nitrogens is 2. The van der Waals surface area contributed by atoms with Crippen LogP contribution in [0.5, 0.6) is 5.75 Å². The van der Waals surface area contributed by atoms with Gasteiger partial charge in [-0.1, -0.05) is 12.1 Å². The molecule has 1 aliphatic heterocycles. The molecule has 1 aliphatic rings. The molecule has 2 aromatic heterocycles. The second-order valence-electron chi connectivity index (χ2n) is 8.93. The number of benzene rings is 2. The monoisotopic (exact) mass is 505 g/mol. The summed E-state index contributed by atoms with van der Waals surface area (Å²) < 4.78 is 35.3. The maximum Gasteiger partial charge on any atom is 0.339 e. The number of carboxylic acids is 1. The maximum atomic E-state index is 14.5. The molecule has 0 saturated heterocycles. The van der Waals surface area contributed by atoms with Crippen LogP contribution in [0.1, 0.15) is 39.7 Å². The zero-order valence-corrected chi connectivity index (χ0v) is 20.2. The molecule has 5 rings (SSSR count). The number of ether oxygens (including phenoxy) is 1. The lowest BCUT2D eigenvalue weighted by Gasteiger charge is -2.29. The van der Waals surface area contributed by atoms with Crippen molar-refractivity contribution in [3.05, 3.63) is 94.3 Å². The quantitative estimate of drug-likeness (QED) is 0.397. The lowest BCUT2D eigenvalue weighted by Crippen LogP contribution is -2.37. The number of amides is 1. The van der Waals surface area contributed by atoms with Crippen molar-refractivity contribution in [3.63, 3.8) is 0 Å². The second kappa shape index (κ2) is 10.0. The zero-order valence-electron chi connectivity index (χ0n) is 20.2. The minimum Gasteiger partial charge on any atom is -0.493 e. The summed E-state index contributed by atoms with van der Waals surface area (Å²) in [6.07, 6.45) is 2.37. The van der Waals surface area contributed by atoms with Crippen LogP contribution >= 0.6 is 0 Å². The fourth-order valence-electron chi connectivity index (χ4n) is 4.88. The van der Waals surface area contributed by atoms with E-state index in [4.69, 9.17) is 4.74 Å². The smallest absolute Gasteiger partial charge is 0.339 e. The van der Waals surface area contributed by atoms with Gasteiger partial charge in [0.25, 0.3) is 0 Å². The van der Waals surface area contributed by atoms with E-state index in [1.54, 1.807) is 30.2 Å². The van der Waals surface area contributed by atoms with Crippen LogP contribution in [0.3, 0.4) is 0 Å². The number of carboxylic acid groups (broad SMARTS) is 1. The number of hydrogen-bond acceptors (Lipinski definition) is 4. The van der Waals surface area contributed by atoms with E-state index in [9.17, 15) is 23.5 Å². The van der Waals surface area contributed by atoms with Crippen LogP contribution in [0.25, 0.3) is 11.0 Å². The van der Waals surface area contributed by atoms with Crippen LogP contribution in [-0.4, -0.2) is 44.6 Å². The molecule has 0 fully saturated rings. The normalized spacial score (nSPS) is 13.0. The van der Waals surface area contributed by atoms with Gasteiger partial charge in [0.2, 0.25) is 5.91 Å². The molecule has 1 N–H and O–H groups in total. The molecular formula is C28H25F2N3O4. The topological polar surface area (TPSA) is 84.7 Å². The number of halogens is 2. The average Bonchev–Trinajstić information content (AvgIpc) is 3.18. The highest BCUT2D eigenvalue weighted by Gasteiger charge is 2.28. The van der Waals surface area contributed by atoms with Gasteiger partial charge >= 0.3 is 5.97 Å². The van der Waals surface area contributed by atoms with Crippen molar-refractivity contribution < 1.29 is 28.2 Å². The van der Waals surface area contributed by atoms with Gasteiger partial charge in [-0.05, 0) is 54.8 Å². The molecule has 0 spiro atoms. The van der Waals surface area contributed by atoms with Crippen molar-refractivity contribution in [1.29, 1.82) is 0 Å². The fourth-order valence-corrected chi connectivity index (χ4v) is 4.88. The number of hydrogen-bond donors (Lipinski definition) is 1. The SMILES string of the molecule is CCOc1cc(CC(=O)N2CCc3c(n(Cc4ccc(F)cc4F)c4ncccc34)C2)ccc1C(=O)O. The summed E-state index contributed by atoms with van der Waals surface area (Å²) in [6.45, 7) is 3.06. The van der Waals surface area contributed by atoms with Crippen molar-refractivity contribution in [1.82, 2.24) is 14.5 Å². The van der Waals surface area contributed by atoms with Gasteiger partial charge in [-0.25, -0.2) is 18.6 Å². The number of pyridine rings is 1. The number of fused-ring (bicyclic) bond motifs is 3. The average molecular weight is 506 g/mol. The van der Waals surface area contributed by atoms with E-state index in [1.165, 1.54) is 18.2 Å². The molecular weight excluding hydrogens is 480 g/mol. The highest BCUT2D eigenvalue weighted by atomic mass is 19.1. The van der Waals surface area contributed by atoms with Gasteiger partial charge < -0.3 is 19.3 Å². The Bertz CT molecular complexity index is 1520. The van der Waals surface area contributed by atoms with Crippen molar-refractivity contribution in [3.8, 4) is 5.75 Å². The minimum atomic E-state index is -1.09. The van der Waals surface area contributed by atoms with Crippen LogP contribution in [0, 0.1) is 11.6 Å². The van der Waals surface area contributed by atoms with Gasteiger partial charge in [0.1, 0.15) is 28.6 Å². The van der Waals surface area contributed by atoms with E-state index in [1.807, 2.05) is 16.7 Å². The highest BCUT2D eigenvalue weighted by molar-refractivity contribution is 5.91. The molecule has 0 radical (unpaired) electrons. The van der Waals surface area contributed by atoms with Crippen LogP contribution in [-0.2, 0) is 30.7 Å². The summed E-state index contributed by atoms with van der Waals surface area (Å²) in [7, 11) is 0. The molecule has 0 unspecified atom stereocenters. The van der Waals surface area contributed by atoms with E-state index in [2.05, 4.69) is 4.98 Å². The third-order valence-corrected chi connectivity index (χ3v) is 6.64. The predicted octanol–water partition coefficient (Wildman–Crippen LogP) is 4.59. The summed E-state index contributed by atoms with van der Waals surface area (Å²) in [5, 5.41) is 10.3. The summed E-state index contributed by atoms with van der Waals surface area (Å²) in [4.78, 5) is 31.0. The van der Waals surface area contributed by atoms with E-state index in [-0.39, 0.29) is 30.2 Å². The molecule has 4 aromatic rings. The van der Waals surface area contributed by atoms with Gasteiger partial charge in [-0.2, -0.15) is 0 Å². The zero-order chi connectivity index (χ0) is 26.1. The van der Waals surface area contributed by atoms with E-state index in [0.717, 1.165) is 22.7 Å². The maximum absolute atomic E-state index is 14.5. The summed E-state index contributed by atoms with van der Waals surface area (Å²) in [5.74, 6) is -2.25. The Labute approximate surface area is 211 Å². The molecule has 190 valence electrons. The van der Waals surface area contributed by atoms with Crippen molar-refractivity contribution >= 4 is 22.9 Å². The molecule has 2 aromatic carbocycles. The van der Waals surface area contributed by atoms with Gasteiger partial charge in [0.15, 0.2) is 0 Å². The molecule has 0 aliphatic carbocycles. The largest absolute Gasteiger partial charge is 0.493 e. The number of carbonyl (C=O) groups excluding carboxylic acids is 1. The molecule has 0 saturated carbocycles. The molecule has 7 nitrogen and oxygen atoms in total. The first-order chi connectivity index (χ1) is 17.9. The highest BCUT2D eigenvalue weighted by Crippen LogP contribution is 2.31. The third kappa shape index (κ3) is 4.76. The standard InChI is InChI=1S/C28H25F2N3O4/c1-2-37-25-12-17(5-8-22(25)28(35)36)13-26(34)32-11-9-20-21-4-3-10-31-27(21)33(24(20)16-32)15-18-6-7-19(29)14-23(18)30/h3-8,10,12,14H,2,9,11,13,15-16H2,1H3,(H,35,36). The Hall–Kier alpha value is -4.27. The van der Waals surface area contributed by atoms with Crippen molar-refractivity contribution in [2.24, 2.45) is 0 Å². The van der Waals surface area contributed by atoms with Gasteiger partial charge in [-0.15, -0.1) is 0 Å². The van der Waals surface area contributed by atoms with E-state index < -0.39 is 17.6 Å². The number of rotatable bonds is 7. The number of carbonyl (C=O) groups is 2. The molecule has 0 atom stereocenters. The van der Waals surface area contributed by atoms with Crippen molar-refractivity contribution in [2.45, 2.75) is 32.9 Å². The fraction of sp³-hybridized carbons (Fsp3) is 0.250. The first-order valence-electron chi connectivity index (χ1n) is 12.0. The van der Waals surface area contributed by atoms with Crippen LogP contribution in [0.2, 0.25) is 0 Å². The number of nitrogens with zero attached hydrogens (tertiary/aromatic N) is 3. The van der Waals surface area contributed by atoms with Gasteiger partial charge in [0.05, 0.1) is 26.1 Å². The summed E-state index contributed by atoms with van der Waals surface area (Å²) in [6, 6.07) is 12.0. The molecule has 3 heterocycles. The molecule has 1 amide bonds. The Morgan fingerprint density at radius 1 is 1.14 bits per heavy atom. The Balaban J connectivity index is 1.43. The van der Waals surface area contributed by atoms with Crippen LogP contribution in [0.4, 0.5) is 8.78 Å². The molecule has 37 heavy (non-hydrogen) atoms. The second-order valence-corrected chi connectivity index (χ2v) is 8.93. The Morgan fingerprint density at radius 3 is 2.73 bits per heavy atom. The van der Waals surface area contributed by atoms with Gasteiger partial charge in [0, 0.05) is 35.5 Å². The first-order valence-corrected chi connectivity index (χ1v) is 12.0. The summed E-state index contributed by atoms with van der Waals surface area (Å²) >= 11 is 0. The molecule has 0 bridgehead atoms. The Kier molecular flexibility index (Phi) is 6.60.